The summed E-state index contributed by atoms with van der Waals surface area (Å²) in [5.74, 6) is 0.594. The van der Waals surface area contributed by atoms with Gasteiger partial charge >= 0.3 is 0 Å². The fourth-order valence-corrected chi connectivity index (χ4v) is 3.92. The Morgan fingerprint density at radius 2 is 1.23 bits per heavy atom. The van der Waals surface area contributed by atoms with E-state index in [9.17, 15) is 0 Å². The van der Waals surface area contributed by atoms with Crippen LogP contribution in [0.25, 0.3) is 44.8 Å². The third-order valence-electron chi connectivity index (χ3n) is 5.11. The molecule has 0 aliphatic carbocycles. The van der Waals surface area contributed by atoms with E-state index >= 15 is 0 Å². The molecular formula is C26H17ClN4. The first-order valence-corrected chi connectivity index (χ1v) is 10.2. The van der Waals surface area contributed by atoms with Crippen LogP contribution < -0.4 is 0 Å². The molecule has 2 aromatic heterocycles. The highest BCUT2D eigenvalue weighted by Gasteiger charge is 2.20. The predicted molar refractivity (Wildman–Crippen MR) is 124 cm³/mol. The van der Waals surface area contributed by atoms with Crippen LogP contribution in [-0.2, 0) is 0 Å². The minimum absolute atomic E-state index is 0.571. The number of aromatic nitrogens is 4. The molecule has 31 heavy (non-hydrogen) atoms. The molecule has 0 fully saturated rings. The standard InChI is InChI=1S/C26H17ClN4/c27-24-15-28-12-11-21(24)23-14-20(18-7-3-1-4-8-18)13-22(19-9-5-2-6-10-19)25(23)26-30-16-29-17-31-26/h1-17H. The van der Waals surface area contributed by atoms with E-state index in [4.69, 9.17) is 11.6 Å². The Hall–Kier alpha value is -3.89. The van der Waals surface area contributed by atoms with Crippen LogP contribution in [0.2, 0.25) is 5.02 Å². The summed E-state index contributed by atoms with van der Waals surface area (Å²) in [4.78, 5) is 17.1. The van der Waals surface area contributed by atoms with Gasteiger partial charge in [-0.25, -0.2) is 15.0 Å². The zero-order valence-electron chi connectivity index (χ0n) is 16.5. The zero-order valence-corrected chi connectivity index (χ0v) is 17.2. The van der Waals surface area contributed by atoms with Gasteiger partial charge < -0.3 is 0 Å². The molecule has 0 saturated carbocycles. The molecule has 2 heterocycles. The van der Waals surface area contributed by atoms with E-state index in [-0.39, 0.29) is 0 Å². The number of pyridine rings is 1. The molecule has 0 saturated heterocycles. The van der Waals surface area contributed by atoms with Gasteiger partial charge in [0.2, 0.25) is 0 Å². The van der Waals surface area contributed by atoms with Crippen LogP contribution in [0, 0.1) is 0 Å². The van der Waals surface area contributed by atoms with Gasteiger partial charge in [-0.15, -0.1) is 0 Å². The van der Waals surface area contributed by atoms with E-state index in [2.05, 4.69) is 56.3 Å². The quantitative estimate of drug-likeness (QED) is 0.329. The topological polar surface area (TPSA) is 51.6 Å². The van der Waals surface area contributed by atoms with Crippen molar-refractivity contribution >= 4 is 11.6 Å². The fourth-order valence-electron chi connectivity index (χ4n) is 3.70. The highest BCUT2D eigenvalue weighted by atomic mass is 35.5. The summed E-state index contributed by atoms with van der Waals surface area (Å²) in [6, 6.07) is 26.8. The first kappa shape index (κ1) is 19.1. The maximum atomic E-state index is 6.60. The maximum absolute atomic E-state index is 6.60. The van der Waals surface area contributed by atoms with Crippen LogP contribution in [0.1, 0.15) is 0 Å². The van der Waals surface area contributed by atoms with Crippen molar-refractivity contribution in [2.75, 3.05) is 0 Å². The van der Waals surface area contributed by atoms with Gasteiger partial charge in [-0.05, 0) is 46.0 Å². The summed E-state index contributed by atoms with van der Waals surface area (Å²) < 4.78 is 0. The lowest BCUT2D eigenvalue weighted by Crippen LogP contribution is -1.97. The molecule has 0 atom stereocenters. The lowest BCUT2D eigenvalue weighted by Gasteiger charge is -2.18. The van der Waals surface area contributed by atoms with Crippen LogP contribution in [-0.4, -0.2) is 19.9 Å². The second-order valence-corrected chi connectivity index (χ2v) is 7.40. The van der Waals surface area contributed by atoms with Gasteiger partial charge in [0, 0.05) is 23.5 Å². The summed E-state index contributed by atoms with van der Waals surface area (Å²) in [5, 5.41) is 0.571. The van der Waals surface area contributed by atoms with E-state index in [1.807, 2.05) is 42.5 Å². The van der Waals surface area contributed by atoms with Gasteiger partial charge in [0.1, 0.15) is 12.7 Å². The van der Waals surface area contributed by atoms with Gasteiger partial charge in [0.05, 0.1) is 5.02 Å². The van der Waals surface area contributed by atoms with E-state index in [0.29, 0.717) is 10.8 Å². The Morgan fingerprint density at radius 3 is 1.90 bits per heavy atom. The smallest absolute Gasteiger partial charge is 0.163 e. The third-order valence-corrected chi connectivity index (χ3v) is 5.41. The third kappa shape index (κ3) is 3.81. The zero-order chi connectivity index (χ0) is 21.0. The van der Waals surface area contributed by atoms with Crippen molar-refractivity contribution in [3.8, 4) is 44.8 Å². The lowest BCUT2D eigenvalue weighted by atomic mass is 9.87. The number of hydrogen-bond acceptors (Lipinski definition) is 4. The van der Waals surface area contributed by atoms with Crippen molar-refractivity contribution in [1.29, 1.82) is 0 Å². The summed E-state index contributed by atoms with van der Waals surface area (Å²) in [5.41, 5.74) is 7.02. The molecule has 0 aliphatic heterocycles. The Morgan fingerprint density at radius 1 is 0.581 bits per heavy atom. The Kier molecular flexibility index (Phi) is 5.21. The van der Waals surface area contributed by atoms with Crippen molar-refractivity contribution in [2.45, 2.75) is 0 Å². The number of benzene rings is 3. The van der Waals surface area contributed by atoms with Crippen molar-refractivity contribution in [3.63, 3.8) is 0 Å². The van der Waals surface area contributed by atoms with E-state index in [1.54, 1.807) is 12.4 Å². The highest BCUT2D eigenvalue weighted by molar-refractivity contribution is 6.33. The van der Waals surface area contributed by atoms with Gasteiger partial charge in [-0.2, -0.15) is 0 Å². The summed E-state index contributed by atoms with van der Waals surface area (Å²) in [7, 11) is 0. The molecule has 5 heteroatoms. The molecule has 0 unspecified atom stereocenters. The monoisotopic (exact) mass is 420 g/mol. The number of rotatable bonds is 4. The molecule has 148 valence electrons. The van der Waals surface area contributed by atoms with Crippen molar-refractivity contribution in [2.24, 2.45) is 0 Å². The minimum atomic E-state index is 0.571. The van der Waals surface area contributed by atoms with Crippen molar-refractivity contribution in [1.82, 2.24) is 19.9 Å². The van der Waals surface area contributed by atoms with Crippen LogP contribution in [0.4, 0.5) is 0 Å². The SMILES string of the molecule is Clc1cnccc1-c1cc(-c2ccccc2)cc(-c2ccccc2)c1-c1ncncn1. The summed E-state index contributed by atoms with van der Waals surface area (Å²) >= 11 is 6.60. The Balaban J connectivity index is 1.90. The molecule has 5 aromatic rings. The lowest BCUT2D eigenvalue weighted by molar-refractivity contribution is 1.06. The molecule has 3 aromatic carbocycles. The average molecular weight is 421 g/mol. The predicted octanol–water partition coefficient (Wildman–Crippen LogP) is 6.59. The largest absolute Gasteiger partial charge is 0.263 e. The van der Waals surface area contributed by atoms with E-state index < -0.39 is 0 Å². The normalized spacial score (nSPS) is 10.7. The molecule has 0 bridgehead atoms. The molecule has 0 aliphatic rings. The molecule has 0 N–H and O–H groups in total. The minimum Gasteiger partial charge on any atom is -0.263 e. The van der Waals surface area contributed by atoms with Gasteiger partial charge in [0.25, 0.3) is 0 Å². The summed E-state index contributed by atoms with van der Waals surface area (Å²) in [6.07, 6.45) is 6.43. The van der Waals surface area contributed by atoms with Gasteiger partial charge in [-0.3, -0.25) is 4.98 Å². The fraction of sp³-hybridized carbons (Fsp3) is 0. The van der Waals surface area contributed by atoms with Crippen LogP contribution in [0.15, 0.2) is 104 Å². The first-order valence-electron chi connectivity index (χ1n) is 9.82. The number of hydrogen-bond donors (Lipinski definition) is 0. The van der Waals surface area contributed by atoms with Crippen molar-refractivity contribution < 1.29 is 0 Å². The molecule has 0 spiro atoms. The Bertz CT molecular complexity index is 1320. The number of halogens is 1. The molecular weight excluding hydrogens is 404 g/mol. The maximum Gasteiger partial charge on any atom is 0.163 e. The van der Waals surface area contributed by atoms with Crippen LogP contribution in [0.5, 0.6) is 0 Å². The second kappa shape index (κ2) is 8.46. The van der Waals surface area contributed by atoms with E-state index in [0.717, 1.165) is 38.9 Å². The Labute approximate surface area is 185 Å². The average Bonchev–Trinajstić information content (AvgIpc) is 2.85. The highest BCUT2D eigenvalue weighted by Crippen LogP contribution is 2.43. The van der Waals surface area contributed by atoms with Gasteiger partial charge in [-0.1, -0.05) is 72.3 Å². The van der Waals surface area contributed by atoms with Crippen LogP contribution >= 0.6 is 11.6 Å². The van der Waals surface area contributed by atoms with Gasteiger partial charge in [0.15, 0.2) is 5.82 Å². The van der Waals surface area contributed by atoms with Crippen molar-refractivity contribution in [3.05, 3.63) is 109 Å². The second-order valence-electron chi connectivity index (χ2n) is 7.00. The summed E-state index contributed by atoms with van der Waals surface area (Å²) in [6.45, 7) is 0. The first-order chi connectivity index (χ1) is 15.3. The van der Waals surface area contributed by atoms with E-state index in [1.165, 1.54) is 12.7 Å². The number of nitrogens with zero attached hydrogens (tertiary/aromatic N) is 4. The molecule has 0 amide bonds. The molecule has 5 rings (SSSR count). The molecule has 4 nitrogen and oxygen atoms in total. The van der Waals surface area contributed by atoms with Crippen LogP contribution in [0.3, 0.4) is 0 Å². The molecule has 0 radical (unpaired) electrons.